The van der Waals surface area contributed by atoms with Crippen LogP contribution in [0.1, 0.15) is 44.6 Å². The van der Waals surface area contributed by atoms with Gasteiger partial charge in [-0.3, -0.25) is 0 Å². The maximum Gasteiger partial charge on any atom is 0.141 e. The minimum absolute atomic E-state index is 0.152. The van der Waals surface area contributed by atoms with Crippen LogP contribution in [0.3, 0.4) is 0 Å². The highest BCUT2D eigenvalue weighted by atomic mass is 19.1. The van der Waals surface area contributed by atoms with Gasteiger partial charge in [0.2, 0.25) is 0 Å². The maximum atomic E-state index is 13.5. The zero-order valence-corrected chi connectivity index (χ0v) is 12.5. The first-order valence-corrected chi connectivity index (χ1v) is 7.94. The van der Waals surface area contributed by atoms with Gasteiger partial charge in [-0.05, 0) is 56.8 Å². The number of anilines is 1. The molecule has 2 aliphatic heterocycles. The summed E-state index contributed by atoms with van der Waals surface area (Å²) >= 11 is 0. The van der Waals surface area contributed by atoms with Gasteiger partial charge in [-0.15, -0.1) is 0 Å². The molecule has 2 fully saturated rings. The fourth-order valence-electron chi connectivity index (χ4n) is 4.02. The lowest BCUT2D eigenvalue weighted by Crippen LogP contribution is -2.56. The predicted octanol–water partition coefficient (Wildman–Crippen LogP) is 3.20. The van der Waals surface area contributed by atoms with Crippen LogP contribution >= 0.6 is 0 Å². The molecule has 0 radical (unpaired) electrons. The number of fused-ring (bicyclic) bond motifs is 2. The molecule has 2 bridgehead atoms. The van der Waals surface area contributed by atoms with Crippen LogP contribution in [0, 0.1) is 17.1 Å². The van der Waals surface area contributed by atoms with Gasteiger partial charge in [0, 0.05) is 23.8 Å². The number of halogens is 1. The van der Waals surface area contributed by atoms with E-state index in [0.29, 0.717) is 18.1 Å². The number of nitrogens with one attached hydrogen (secondary N) is 1. The molecule has 1 aromatic carbocycles. The molecule has 2 unspecified atom stereocenters. The van der Waals surface area contributed by atoms with E-state index in [-0.39, 0.29) is 5.56 Å². The third-order valence-electron chi connectivity index (χ3n) is 4.84. The molecule has 0 spiro atoms. The van der Waals surface area contributed by atoms with Gasteiger partial charge >= 0.3 is 0 Å². The first-order chi connectivity index (χ1) is 10.2. The van der Waals surface area contributed by atoms with E-state index < -0.39 is 5.82 Å². The van der Waals surface area contributed by atoms with E-state index >= 15 is 0 Å². The van der Waals surface area contributed by atoms with Crippen LogP contribution in [0.25, 0.3) is 0 Å². The van der Waals surface area contributed by atoms with Crippen molar-refractivity contribution in [2.24, 2.45) is 0 Å². The molecule has 0 amide bonds. The summed E-state index contributed by atoms with van der Waals surface area (Å²) in [5.74, 6) is -0.422. The lowest BCUT2D eigenvalue weighted by atomic mass is 9.81. The number of piperidine rings is 2. The van der Waals surface area contributed by atoms with Crippen LogP contribution in [-0.4, -0.2) is 24.7 Å². The molecule has 1 N–H and O–H groups in total. The summed E-state index contributed by atoms with van der Waals surface area (Å²) in [5.41, 5.74) is 1.16. The number of hydrogen-bond donors (Lipinski definition) is 1. The van der Waals surface area contributed by atoms with E-state index in [1.807, 2.05) is 12.1 Å². The van der Waals surface area contributed by atoms with E-state index in [2.05, 4.69) is 17.1 Å². The summed E-state index contributed by atoms with van der Waals surface area (Å²) in [6.45, 7) is 3.17. The maximum absolute atomic E-state index is 13.5. The van der Waals surface area contributed by atoms with Crippen LogP contribution in [0.5, 0.6) is 0 Å². The first-order valence-electron chi connectivity index (χ1n) is 7.94. The minimum atomic E-state index is -0.422. The van der Waals surface area contributed by atoms with Gasteiger partial charge in [0.15, 0.2) is 0 Å². The molecule has 0 saturated carbocycles. The van der Waals surface area contributed by atoms with Crippen LogP contribution in [0.4, 0.5) is 10.1 Å². The fourth-order valence-corrected chi connectivity index (χ4v) is 4.02. The first kappa shape index (κ1) is 14.3. The topological polar surface area (TPSA) is 39.1 Å². The third-order valence-corrected chi connectivity index (χ3v) is 4.84. The average molecular weight is 287 g/mol. The molecule has 112 valence electrons. The molecule has 1 aromatic rings. The van der Waals surface area contributed by atoms with Crippen molar-refractivity contribution in [3.05, 3.63) is 29.6 Å². The summed E-state index contributed by atoms with van der Waals surface area (Å²) in [5, 5.41) is 12.6. The zero-order valence-electron chi connectivity index (χ0n) is 12.5. The summed E-state index contributed by atoms with van der Waals surface area (Å²) in [4.78, 5) is 2.44. The molecule has 3 rings (SSSR count). The Morgan fingerprint density at radius 3 is 2.67 bits per heavy atom. The molecule has 0 aromatic heterocycles. The van der Waals surface area contributed by atoms with Crippen LogP contribution in [0.15, 0.2) is 18.2 Å². The predicted molar refractivity (Wildman–Crippen MR) is 81.7 cm³/mol. The molecule has 2 atom stereocenters. The van der Waals surface area contributed by atoms with Crippen molar-refractivity contribution in [3.63, 3.8) is 0 Å². The van der Waals surface area contributed by atoms with Crippen LogP contribution in [-0.2, 0) is 0 Å². The van der Waals surface area contributed by atoms with E-state index in [1.54, 1.807) is 6.07 Å². The van der Waals surface area contributed by atoms with Crippen molar-refractivity contribution in [1.82, 2.24) is 5.32 Å². The third kappa shape index (κ3) is 2.75. The van der Waals surface area contributed by atoms with E-state index in [9.17, 15) is 4.39 Å². The quantitative estimate of drug-likeness (QED) is 0.928. The molecular weight excluding hydrogens is 265 g/mol. The van der Waals surface area contributed by atoms with Gasteiger partial charge in [0.05, 0.1) is 5.56 Å². The molecule has 4 heteroatoms. The fraction of sp³-hybridized carbons (Fsp3) is 0.588. The number of nitrogens with zero attached hydrogens (tertiary/aromatic N) is 2. The Labute approximate surface area is 125 Å². The highest BCUT2D eigenvalue weighted by Crippen LogP contribution is 2.38. The number of benzene rings is 1. The van der Waals surface area contributed by atoms with Gasteiger partial charge in [-0.25, -0.2) is 4.39 Å². The largest absolute Gasteiger partial charge is 0.365 e. The number of hydrogen-bond acceptors (Lipinski definition) is 3. The second-order valence-corrected chi connectivity index (χ2v) is 6.15. The standard InChI is InChI=1S/C17H22FN3/c1-2-20-13-9-14-4-3-5-15(10-13)21(14)16-6-7-17(18)12(8-16)11-19/h6-8,13-15,20H,2-5,9-10H2,1H3. The molecular formula is C17H22FN3. The number of nitriles is 1. The summed E-state index contributed by atoms with van der Waals surface area (Å²) in [6.07, 6.45) is 5.94. The molecule has 0 aliphatic carbocycles. The van der Waals surface area contributed by atoms with Gasteiger partial charge < -0.3 is 10.2 Å². The Morgan fingerprint density at radius 2 is 2.05 bits per heavy atom. The second kappa shape index (κ2) is 6.03. The number of rotatable bonds is 3. The van der Waals surface area contributed by atoms with E-state index in [4.69, 9.17) is 5.26 Å². The zero-order chi connectivity index (χ0) is 14.8. The monoisotopic (exact) mass is 287 g/mol. The second-order valence-electron chi connectivity index (χ2n) is 6.15. The van der Waals surface area contributed by atoms with Crippen molar-refractivity contribution in [3.8, 4) is 6.07 Å². The smallest absolute Gasteiger partial charge is 0.141 e. The Kier molecular flexibility index (Phi) is 4.12. The SMILES string of the molecule is CCNC1CC2CCCC(C1)N2c1ccc(F)c(C#N)c1. The van der Waals surface area contributed by atoms with Gasteiger partial charge in [-0.1, -0.05) is 6.92 Å². The lowest BCUT2D eigenvalue weighted by Gasteiger charge is -2.50. The summed E-state index contributed by atoms with van der Waals surface area (Å²) < 4.78 is 13.5. The lowest BCUT2D eigenvalue weighted by molar-refractivity contribution is 0.247. The molecule has 2 heterocycles. The highest BCUT2D eigenvalue weighted by Gasteiger charge is 2.38. The van der Waals surface area contributed by atoms with Gasteiger partial charge in [0.25, 0.3) is 0 Å². The Balaban J connectivity index is 1.87. The summed E-state index contributed by atoms with van der Waals surface area (Å²) in [6, 6.07) is 8.55. The van der Waals surface area contributed by atoms with Crippen molar-refractivity contribution >= 4 is 5.69 Å². The Morgan fingerprint density at radius 1 is 1.33 bits per heavy atom. The highest BCUT2D eigenvalue weighted by molar-refractivity contribution is 5.54. The Bertz CT molecular complexity index is 537. The van der Waals surface area contributed by atoms with Crippen molar-refractivity contribution in [1.29, 1.82) is 5.26 Å². The molecule has 3 nitrogen and oxygen atoms in total. The molecule has 21 heavy (non-hydrogen) atoms. The summed E-state index contributed by atoms with van der Waals surface area (Å²) in [7, 11) is 0. The van der Waals surface area contributed by atoms with E-state index in [1.165, 1.54) is 25.3 Å². The van der Waals surface area contributed by atoms with Crippen molar-refractivity contribution < 1.29 is 4.39 Å². The molecule has 2 aliphatic rings. The molecule has 2 saturated heterocycles. The average Bonchev–Trinajstić information content (AvgIpc) is 2.47. The van der Waals surface area contributed by atoms with Gasteiger partial charge in [0.1, 0.15) is 11.9 Å². The normalized spacial score (nSPS) is 28.2. The van der Waals surface area contributed by atoms with E-state index in [0.717, 1.165) is 25.1 Å². The Hall–Kier alpha value is -1.60. The van der Waals surface area contributed by atoms with Gasteiger partial charge in [-0.2, -0.15) is 5.26 Å². The van der Waals surface area contributed by atoms with Crippen LogP contribution < -0.4 is 10.2 Å². The van der Waals surface area contributed by atoms with Crippen molar-refractivity contribution in [2.45, 2.75) is 57.2 Å². The minimum Gasteiger partial charge on any atom is -0.365 e. The van der Waals surface area contributed by atoms with Crippen LogP contribution in [0.2, 0.25) is 0 Å². The van der Waals surface area contributed by atoms with Crippen molar-refractivity contribution in [2.75, 3.05) is 11.4 Å².